The largest absolute Gasteiger partial charge is 1.00 e. The zero-order valence-electron chi connectivity index (χ0n) is 19.7. The van der Waals surface area contributed by atoms with Crippen LogP contribution in [0.5, 0.6) is 0 Å². The molecule has 0 saturated heterocycles. The Morgan fingerprint density at radius 2 is 0.857 bits per heavy atom. The van der Waals surface area contributed by atoms with E-state index in [1.165, 1.54) is 0 Å². The number of carboxylic acids is 1. The van der Waals surface area contributed by atoms with Crippen molar-refractivity contribution in [3.63, 3.8) is 0 Å². The zero-order valence-corrected chi connectivity index (χ0v) is 21.4. The Kier molecular flexibility index (Phi) is 11.7. The van der Waals surface area contributed by atoms with E-state index < -0.39 is 108 Å². The average Bonchev–Trinajstić information content (AvgIpc) is 2.73. The number of rotatable bonds is 12. The Morgan fingerprint density at radius 1 is 0.595 bits per heavy atom. The minimum absolute atomic E-state index is 0. The van der Waals surface area contributed by atoms with E-state index in [9.17, 15) is 106 Å². The molecular formula is C13H9F18LiN2O6S2. The maximum Gasteiger partial charge on any atom is 1.00 e. The Hall–Kier alpha value is -1.37. The van der Waals surface area contributed by atoms with Crippen molar-refractivity contribution in [2.24, 2.45) is 0 Å². The SMILES string of the molecule is CN(CC(C(=O)[O-])N(C)S(=O)(=O)C(F)(F)C(F)(F)C(F)(F)C(F)(F)F)S(=O)(=O)C(F)(F)C(F)(F)C(F)(F)C(F)(F)F.[Li+]. The molecule has 0 aromatic heterocycles. The minimum atomic E-state index is -8.03. The number of hydrogen-bond donors (Lipinski definition) is 0. The molecule has 0 bridgehead atoms. The summed E-state index contributed by atoms with van der Waals surface area (Å²) >= 11 is 0. The van der Waals surface area contributed by atoms with Crippen molar-refractivity contribution < 1.29 is 125 Å². The molecule has 0 N–H and O–H groups in total. The first kappa shape index (κ1) is 42.8. The van der Waals surface area contributed by atoms with Crippen LogP contribution >= 0.6 is 0 Å². The van der Waals surface area contributed by atoms with Crippen LogP contribution in [-0.2, 0) is 24.8 Å². The van der Waals surface area contributed by atoms with Crippen LogP contribution in [0.1, 0.15) is 0 Å². The van der Waals surface area contributed by atoms with Crippen LogP contribution in [0.3, 0.4) is 0 Å². The molecular weight excluding hydrogens is 693 g/mol. The summed E-state index contributed by atoms with van der Waals surface area (Å²) in [7, 11) is -17.1. The molecule has 0 aliphatic carbocycles. The van der Waals surface area contributed by atoms with Gasteiger partial charge < -0.3 is 9.90 Å². The maximum absolute atomic E-state index is 13.9. The molecule has 0 spiro atoms. The number of nitrogens with zero attached hydrogens (tertiary/aromatic N) is 2. The van der Waals surface area contributed by atoms with Crippen molar-refractivity contribution in [1.29, 1.82) is 0 Å². The van der Waals surface area contributed by atoms with Gasteiger partial charge in [0.25, 0.3) is 20.0 Å². The average molecular weight is 702 g/mol. The molecule has 0 aromatic rings. The summed E-state index contributed by atoms with van der Waals surface area (Å²) in [5.74, 6) is -35.2. The third-order valence-electron chi connectivity index (χ3n) is 4.81. The van der Waals surface area contributed by atoms with Crippen molar-refractivity contribution in [3.05, 3.63) is 0 Å². The second-order valence-electron chi connectivity index (χ2n) is 7.47. The predicted octanol–water partition coefficient (Wildman–Crippen LogP) is -0.517. The Bertz CT molecular complexity index is 1220. The number of carbonyl (C=O) groups excluding carboxylic acids is 1. The van der Waals surface area contributed by atoms with E-state index in [0.717, 1.165) is 0 Å². The summed E-state index contributed by atoms with van der Waals surface area (Å²) in [4.78, 5) is 11.1. The fraction of sp³-hybridized carbons (Fsp3) is 0.923. The smallest absolute Gasteiger partial charge is 0.548 e. The second-order valence-corrected chi connectivity index (χ2v) is 11.6. The molecule has 1 atom stereocenters. The standard InChI is InChI=1S/C13H10F18N2O6S2.Li/c1-32(40(36,37)12(28,29)8(18,19)6(14,15)10(22,23)24)3-4(5(34)35)33(2)41(38,39)13(30,31)9(20,21)7(16,17)11(25,26)27;/h4H,3H2,1-2H3,(H,34,35);/q;+1/p-1. The Labute approximate surface area is 232 Å². The molecule has 1 unspecified atom stereocenters. The second kappa shape index (κ2) is 11.5. The van der Waals surface area contributed by atoms with Gasteiger partial charge in [0.2, 0.25) is 0 Å². The quantitative estimate of drug-likeness (QED) is 0.200. The van der Waals surface area contributed by atoms with Gasteiger partial charge in [-0.2, -0.15) is 87.6 Å². The van der Waals surface area contributed by atoms with Crippen molar-refractivity contribution in [2.75, 3.05) is 20.6 Å². The number of carboxylic acid groups (broad SMARTS) is 1. The summed E-state index contributed by atoms with van der Waals surface area (Å²) in [5, 5.41) is -4.23. The van der Waals surface area contributed by atoms with Crippen molar-refractivity contribution in [1.82, 2.24) is 8.61 Å². The molecule has 8 nitrogen and oxygen atoms in total. The van der Waals surface area contributed by atoms with Gasteiger partial charge in [-0.15, -0.1) is 0 Å². The molecule has 0 aliphatic heterocycles. The van der Waals surface area contributed by atoms with Crippen LogP contribution < -0.4 is 24.0 Å². The van der Waals surface area contributed by atoms with Crippen molar-refractivity contribution >= 4 is 26.0 Å². The maximum atomic E-state index is 13.9. The number of sulfonamides is 2. The van der Waals surface area contributed by atoms with Gasteiger partial charge >= 0.3 is 65.4 Å². The summed E-state index contributed by atoms with van der Waals surface area (Å²) in [6, 6.07) is -4.06. The monoisotopic (exact) mass is 702 g/mol. The van der Waals surface area contributed by atoms with E-state index in [2.05, 4.69) is 0 Å². The van der Waals surface area contributed by atoms with Gasteiger partial charge in [0.1, 0.15) is 0 Å². The first-order valence-corrected chi connectivity index (χ1v) is 11.8. The fourth-order valence-electron chi connectivity index (χ4n) is 2.27. The van der Waals surface area contributed by atoms with Crippen LogP contribution in [0.25, 0.3) is 0 Å². The van der Waals surface area contributed by atoms with Gasteiger partial charge in [-0.1, -0.05) is 0 Å². The van der Waals surface area contributed by atoms with Crippen LogP contribution in [0.15, 0.2) is 0 Å². The summed E-state index contributed by atoms with van der Waals surface area (Å²) in [5.41, 5.74) is 0. The van der Waals surface area contributed by atoms with Gasteiger partial charge in [-0.25, -0.2) is 16.8 Å². The molecule has 0 fully saturated rings. The fourth-order valence-corrected chi connectivity index (χ4v) is 4.75. The summed E-state index contributed by atoms with van der Waals surface area (Å²) in [6.07, 6.45) is -15.2. The molecule has 0 aliphatic rings. The van der Waals surface area contributed by atoms with Crippen molar-refractivity contribution in [3.8, 4) is 0 Å². The minimum Gasteiger partial charge on any atom is -0.548 e. The Balaban J connectivity index is 0. The number of aliphatic carboxylic acids is 1. The molecule has 0 amide bonds. The van der Waals surface area contributed by atoms with Gasteiger partial charge in [0, 0.05) is 20.6 Å². The third-order valence-corrected chi connectivity index (χ3v) is 8.60. The van der Waals surface area contributed by atoms with E-state index in [-0.39, 0.29) is 18.9 Å². The van der Waals surface area contributed by atoms with Crippen molar-refractivity contribution in [2.45, 2.75) is 52.6 Å². The van der Waals surface area contributed by atoms with Gasteiger partial charge in [0.15, 0.2) is 0 Å². The first-order valence-electron chi connectivity index (χ1n) is 8.92. The number of halogens is 18. The molecule has 0 saturated carbocycles. The van der Waals surface area contributed by atoms with E-state index >= 15 is 0 Å². The number of carbonyl (C=O) groups is 1. The molecule has 0 aromatic carbocycles. The zero-order chi connectivity index (χ0) is 34.0. The summed E-state index contributed by atoms with van der Waals surface area (Å²) in [6.45, 7) is -2.92. The number of alkyl halides is 18. The predicted molar refractivity (Wildman–Crippen MR) is 88.8 cm³/mol. The molecule has 0 rings (SSSR count). The van der Waals surface area contributed by atoms with Crippen LogP contribution in [-0.4, -0.2) is 105 Å². The molecule has 42 heavy (non-hydrogen) atoms. The number of likely N-dealkylation sites (N-methyl/N-ethyl adjacent to an activating group) is 2. The van der Waals surface area contributed by atoms with Gasteiger partial charge in [0.05, 0.1) is 12.0 Å². The molecule has 0 heterocycles. The van der Waals surface area contributed by atoms with Gasteiger partial charge in [-0.05, 0) is 0 Å². The van der Waals surface area contributed by atoms with E-state index in [1.54, 1.807) is 0 Å². The first-order chi connectivity index (χ1) is 17.4. The van der Waals surface area contributed by atoms with Crippen LogP contribution in [0, 0.1) is 0 Å². The normalized spacial score (nSPS) is 16.4. The topological polar surface area (TPSA) is 115 Å². The molecule has 29 heteroatoms. The molecule has 246 valence electrons. The Morgan fingerprint density at radius 3 is 1.10 bits per heavy atom. The third kappa shape index (κ3) is 6.11. The van der Waals surface area contributed by atoms with E-state index in [1.807, 2.05) is 0 Å². The van der Waals surface area contributed by atoms with E-state index in [0.29, 0.717) is 0 Å². The molecule has 0 radical (unpaired) electrons. The van der Waals surface area contributed by atoms with E-state index in [4.69, 9.17) is 0 Å². The van der Waals surface area contributed by atoms with Crippen LogP contribution in [0.2, 0.25) is 0 Å². The number of hydrogen-bond acceptors (Lipinski definition) is 6. The van der Waals surface area contributed by atoms with Crippen LogP contribution in [0.4, 0.5) is 79.0 Å². The van der Waals surface area contributed by atoms with Gasteiger partial charge in [-0.3, -0.25) is 0 Å². The summed E-state index contributed by atoms with van der Waals surface area (Å²) < 4.78 is 278.